The minimum absolute atomic E-state index is 0.187. The normalized spacial score (nSPS) is 10.5. The predicted octanol–water partition coefficient (Wildman–Crippen LogP) is 1.96. The van der Waals surface area contributed by atoms with Crippen LogP contribution in [0.25, 0.3) is 11.4 Å². The number of nitrogens with one attached hydrogen (secondary N) is 2. The Bertz CT molecular complexity index is 1000. The summed E-state index contributed by atoms with van der Waals surface area (Å²) in [6.45, 7) is 4.23. The van der Waals surface area contributed by atoms with Gasteiger partial charge in [0.15, 0.2) is 6.61 Å². The lowest BCUT2D eigenvalue weighted by Crippen LogP contribution is -2.43. The standard InChI is InChI=1S/C21H24N6O3/c1-15-10-11-18(13-16(15)2)30-14-20(29)23-22-19(28)9-6-12-27-25-21(24-26-27)17-7-4-3-5-8-17/h3-5,7-8,10-11,13H,6,9,12,14H2,1-2H3,(H,22,28)(H,23,29). The number of amides is 2. The van der Waals surface area contributed by atoms with Crippen LogP contribution in [0.3, 0.4) is 0 Å². The number of benzene rings is 2. The average molecular weight is 408 g/mol. The van der Waals surface area contributed by atoms with Crippen LogP contribution in [0.4, 0.5) is 0 Å². The number of tetrazole rings is 1. The first-order valence-electron chi connectivity index (χ1n) is 9.62. The quantitative estimate of drug-likeness (QED) is 0.551. The van der Waals surface area contributed by atoms with Crippen molar-refractivity contribution in [1.82, 2.24) is 31.1 Å². The van der Waals surface area contributed by atoms with Gasteiger partial charge in [0, 0.05) is 12.0 Å². The summed E-state index contributed by atoms with van der Waals surface area (Å²) in [5, 5.41) is 12.3. The number of carbonyl (C=O) groups excluding carboxylic acids is 2. The fourth-order valence-electron chi connectivity index (χ4n) is 2.61. The molecule has 30 heavy (non-hydrogen) atoms. The molecule has 2 aromatic carbocycles. The van der Waals surface area contributed by atoms with Gasteiger partial charge in [0.1, 0.15) is 5.75 Å². The molecule has 9 heteroatoms. The van der Waals surface area contributed by atoms with Gasteiger partial charge in [0.05, 0.1) is 6.54 Å². The van der Waals surface area contributed by atoms with E-state index in [1.54, 1.807) is 6.07 Å². The third-order valence-corrected chi connectivity index (χ3v) is 4.44. The Kier molecular flexibility index (Phi) is 7.09. The Balaban J connectivity index is 1.33. The summed E-state index contributed by atoms with van der Waals surface area (Å²) in [4.78, 5) is 25.2. The van der Waals surface area contributed by atoms with Crippen LogP contribution in [0, 0.1) is 13.8 Å². The van der Waals surface area contributed by atoms with Crippen molar-refractivity contribution < 1.29 is 14.3 Å². The maximum Gasteiger partial charge on any atom is 0.276 e. The molecule has 3 aromatic rings. The van der Waals surface area contributed by atoms with E-state index >= 15 is 0 Å². The zero-order valence-corrected chi connectivity index (χ0v) is 17.0. The molecule has 3 rings (SSSR count). The third-order valence-electron chi connectivity index (χ3n) is 4.44. The van der Waals surface area contributed by atoms with Gasteiger partial charge >= 0.3 is 0 Å². The molecule has 0 atom stereocenters. The molecule has 0 fully saturated rings. The van der Waals surface area contributed by atoms with E-state index in [1.165, 1.54) is 4.80 Å². The number of aromatic nitrogens is 4. The van der Waals surface area contributed by atoms with E-state index in [0.29, 0.717) is 24.5 Å². The van der Waals surface area contributed by atoms with Crippen LogP contribution in [0.5, 0.6) is 5.75 Å². The highest BCUT2D eigenvalue weighted by Crippen LogP contribution is 2.16. The minimum Gasteiger partial charge on any atom is -0.484 e. The van der Waals surface area contributed by atoms with Crippen LogP contribution >= 0.6 is 0 Å². The summed E-state index contributed by atoms with van der Waals surface area (Å²) in [7, 11) is 0. The van der Waals surface area contributed by atoms with E-state index in [0.717, 1.165) is 16.7 Å². The first-order valence-corrected chi connectivity index (χ1v) is 9.62. The van der Waals surface area contributed by atoms with Crippen molar-refractivity contribution >= 4 is 11.8 Å². The molecule has 1 aromatic heterocycles. The average Bonchev–Trinajstić information content (AvgIpc) is 3.23. The number of ether oxygens (including phenoxy) is 1. The number of rotatable bonds is 8. The molecule has 9 nitrogen and oxygen atoms in total. The third kappa shape index (κ3) is 6.13. The summed E-state index contributed by atoms with van der Waals surface area (Å²) in [6.07, 6.45) is 0.714. The van der Waals surface area contributed by atoms with E-state index < -0.39 is 5.91 Å². The second kappa shape index (κ2) is 10.1. The van der Waals surface area contributed by atoms with Crippen LogP contribution in [0.1, 0.15) is 24.0 Å². The van der Waals surface area contributed by atoms with Crippen molar-refractivity contribution in [3.8, 4) is 17.1 Å². The molecule has 0 saturated heterocycles. The second-order valence-corrected chi connectivity index (χ2v) is 6.81. The van der Waals surface area contributed by atoms with Crippen LogP contribution in [0.2, 0.25) is 0 Å². The van der Waals surface area contributed by atoms with Gasteiger partial charge in [-0.2, -0.15) is 4.80 Å². The SMILES string of the molecule is Cc1ccc(OCC(=O)NNC(=O)CCCn2nnc(-c3ccccc3)n2)cc1C. The Labute approximate surface area is 174 Å². The molecule has 0 unspecified atom stereocenters. The molecule has 0 spiro atoms. The van der Waals surface area contributed by atoms with Crippen molar-refractivity contribution in [2.45, 2.75) is 33.2 Å². The van der Waals surface area contributed by atoms with Crippen molar-refractivity contribution in [1.29, 1.82) is 0 Å². The van der Waals surface area contributed by atoms with Crippen LogP contribution < -0.4 is 15.6 Å². The summed E-state index contributed by atoms with van der Waals surface area (Å²) in [5.41, 5.74) is 7.82. The first kappa shape index (κ1) is 21.0. The summed E-state index contributed by atoms with van der Waals surface area (Å²) in [5.74, 6) is 0.399. The van der Waals surface area contributed by atoms with Crippen molar-refractivity contribution in [2.75, 3.05) is 6.61 Å². The summed E-state index contributed by atoms with van der Waals surface area (Å²) < 4.78 is 5.42. The van der Waals surface area contributed by atoms with Crippen molar-refractivity contribution in [2.24, 2.45) is 0 Å². The van der Waals surface area contributed by atoms with E-state index in [-0.39, 0.29) is 18.9 Å². The molecule has 0 aliphatic heterocycles. The number of hydrogen-bond donors (Lipinski definition) is 2. The topological polar surface area (TPSA) is 111 Å². The van der Waals surface area contributed by atoms with E-state index in [1.807, 2.05) is 56.3 Å². The molecule has 0 radical (unpaired) electrons. The molecule has 0 bridgehead atoms. The molecule has 0 aliphatic carbocycles. The van der Waals surface area contributed by atoms with Gasteiger partial charge in [-0.3, -0.25) is 20.4 Å². The summed E-state index contributed by atoms with van der Waals surface area (Å²) in [6, 6.07) is 15.1. The lowest BCUT2D eigenvalue weighted by atomic mass is 10.1. The van der Waals surface area contributed by atoms with Gasteiger partial charge in [0.25, 0.3) is 5.91 Å². The van der Waals surface area contributed by atoms with Crippen LogP contribution in [-0.4, -0.2) is 38.6 Å². The largest absolute Gasteiger partial charge is 0.484 e. The van der Waals surface area contributed by atoms with Crippen LogP contribution in [0.15, 0.2) is 48.5 Å². The highest BCUT2D eigenvalue weighted by atomic mass is 16.5. The number of nitrogens with zero attached hydrogens (tertiary/aromatic N) is 4. The zero-order chi connectivity index (χ0) is 21.3. The summed E-state index contributed by atoms with van der Waals surface area (Å²) >= 11 is 0. The van der Waals surface area contributed by atoms with E-state index in [4.69, 9.17) is 4.74 Å². The van der Waals surface area contributed by atoms with E-state index in [2.05, 4.69) is 26.3 Å². The van der Waals surface area contributed by atoms with Gasteiger partial charge in [0.2, 0.25) is 11.7 Å². The molecular weight excluding hydrogens is 384 g/mol. The second-order valence-electron chi connectivity index (χ2n) is 6.81. The first-order chi connectivity index (χ1) is 14.5. The molecule has 2 N–H and O–H groups in total. The Hall–Kier alpha value is -3.75. The van der Waals surface area contributed by atoms with Gasteiger partial charge in [-0.05, 0) is 48.7 Å². The van der Waals surface area contributed by atoms with Gasteiger partial charge in [-0.25, -0.2) is 0 Å². The Morgan fingerprint density at radius 3 is 2.53 bits per heavy atom. The lowest BCUT2D eigenvalue weighted by Gasteiger charge is -2.10. The van der Waals surface area contributed by atoms with Crippen molar-refractivity contribution in [3.05, 3.63) is 59.7 Å². The fourth-order valence-corrected chi connectivity index (χ4v) is 2.61. The fraction of sp³-hybridized carbons (Fsp3) is 0.286. The predicted molar refractivity (Wildman–Crippen MR) is 110 cm³/mol. The minimum atomic E-state index is -0.438. The van der Waals surface area contributed by atoms with Gasteiger partial charge in [-0.1, -0.05) is 36.4 Å². The zero-order valence-electron chi connectivity index (χ0n) is 17.0. The molecule has 0 saturated carbocycles. The van der Waals surface area contributed by atoms with E-state index in [9.17, 15) is 9.59 Å². The Morgan fingerprint density at radius 2 is 1.77 bits per heavy atom. The monoisotopic (exact) mass is 408 g/mol. The number of aryl methyl sites for hydroxylation is 3. The highest BCUT2D eigenvalue weighted by Gasteiger charge is 2.08. The van der Waals surface area contributed by atoms with Crippen molar-refractivity contribution in [3.63, 3.8) is 0 Å². The molecule has 2 amide bonds. The van der Waals surface area contributed by atoms with Gasteiger partial charge < -0.3 is 4.74 Å². The highest BCUT2D eigenvalue weighted by molar-refractivity contribution is 5.82. The molecule has 1 heterocycles. The smallest absolute Gasteiger partial charge is 0.276 e. The number of hydrogen-bond acceptors (Lipinski definition) is 6. The maximum absolute atomic E-state index is 11.9. The Morgan fingerprint density at radius 1 is 1.00 bits per heavy atom. The maximum atomic E-state index is 11.9. The van der Waals surface area contributed by atoms with Crippen LogP contribution in [-0.2, 0) is 16.1 Å². The number of hydrazine groups is 1. The molecule has 0 aliphatic rings. The number of carbonyl (C=O) groups is 2. The molecular formula is C21H24N6O3. The lowest BCUT2D eigenvalue weighted by molar-refractivity contribution is -0.130. The van der Waals surface area contributed by atoms with Gasteiger partial charge in [-0.15, -0.1) is 10.2 Å². The molecule has 156 valence electrons.